The molecule has 100 valence electrons. The van der Waals surface area contributed by atoms with Gasteiger partial charge in [0, 0.05) is 23.4 Å². The summed E-state index contributed by atoms with van der Waals surface area (Å²) >= 11 is 0. The highest BCUT2D eigenvalue weighted by atomic mass is 19.4. The average Bonchev–Trinajstić information content (AvgIpc) is 2.37. The molecule has 5 nitrogen and oxygen atoms in total. The molecule has 0 saturated heterocycles. The van der Waals surface area contributed by atoms with E-state index in [2.05, 4.69) is 27.3 Å². The number of anilines is 1. The van der Waals surface area contributed by atoms with Crippen LogP contribution in [0.1, 0.15) is 17.5 Å². The normalized spacial score (nSPS) is 10.1. The van der Waals surface area contributed by atoms with Crippen LogP contribution in [0.25, 0.3) is 10.4 Å². The van der Waals surface area contributed by atoms with Crippen LogP contribution in [0.2, 0.25) is 0 Å². The molecule has 0 fully saturated rings. The van der Waals surface area contributed by atoms with Crippen LogP contribution in [0.15, 0.2) is 23.3 Å². The summed E-state index contributed by atoms with van der Waals surface area (Å²) in [5, 5.41) is 3.28. The van der Waals surface area contributed by atoms with Crippen molar-refractivity contribution in [3.63, 3.8) is 0 Å². The zero-order chi connectivity index (χ0) is 14.3. The maximum Gasteiger partial charge on any atom is 0.416 e. The van der Waals surface area contributed by atoms with Gasteiger partial charge < -0.3 is 5.43 Å². The lowest BCUT2D eigenvalue weighted by Crippen LogP contribution is -2.11. The fourth-order valence-corrected chi connectivity index (χ4v) is 1.26. The monoisotopic (exact) mass is 269 g/mol. The van der Waals surface area contributed by atoms with Crippen LogP contribution >= 0.6 is 0 Å². The maximum absolute atomic E-state index is 12.5. The van der Waals surface area contributed by atoms with Crippen LogP contribution in [0.4, 0.5) is 18.9 Å². The van der Waals surface area contributed by atoms with Crippen molar-refractivity contribution in [1.82, 2.24) is 0 Å². The molecule has 1 rings (SSSR count). The lowest BCUT2D eigenvalue weighted by molar-refractivity contribution is -0.137. The third-order valence-electron chi connectivity index (χ3n) is 2.13. The summed E-state index contributed by atoms with van der Waals surface area (Å²) < 4.78 is 37.4. The van der Waals surface area contributed by atoms with Crippen molar-refractivity contribution in [2.75, 3.05) is 12.0 Å². The third kappa shape index (κ3) is 4.43. The zero-order valence-corrected chi connectivity index (χ0v) is 9.70. The van der Waals surface area contributed by atoms with E-state index in [0.29, 0.717) is 12.0 Å². The van der Waals surface area contributed by atoms with Crippen molar-refractivity contribution in [2.45, 2.75) is 12.6 Å². The van der Waals surface area contributed by atoms with E-state index in [-0.39, 0.29) is 12.2 Å². The second-order valence-corrected chi connectivity index (χ2v) is 3.41. The minimum Gasteiger partial charge on any atom is -0.323 e. The summed E-state index contributed by atoms with van der Waals surface area (Å²) in [6, 6.07) is 3.05. The molecule has 0 unspecified atom stereocenters. The number of nitrogen functional groups attached to an aromatic ring is 1. The molecule has 0 aliphatic rings. The van der Waals surface area contributed by atoms with E-state index in [0.717, 1.165) is 12.1 Å². The van der Waals surface area contributed by atoms with Crippen LogP contribution < -0.4 is 11.3 Å². The maximum atomic E-state index is 12.5. The van der Waals surface area contributed by atoms with Gasteiger partial charge in [-0.1, -0.05) is 17.0 Å². The van der Waals surface area contributed by atoms with Gasteiger partial charge in [-0.25, -0.2) is 0 Å². The number of nitrogens with one attached hydrogen (secondary N) is 1. The van der Waals surface area contributed by atoms with Crippen LogP contribution in [-0.2, 0) is 6.18 Å². The van der Waals surface area contributed by atoms with Gasteiger partial charge in [0.2, 0.25) is 0 Å². The first-order chi connectivity index (χ1) is 8.99. The molecule has 0 aromatic heterocycles. The van der Waals surface area contributed by atoms with Gasteiger partial charge in [0.05, 0.1) is 11.3 Å². The lowest BCUT2D eigenvalue weighted by Gasteiger charge is -2.10. The molecule has 1 aromatic carbocycles. The second kappa shape index (κ2) is 6.54. The second-order valence-electron chi connectivity index (χ2n) is 3.41. The third-order valence-corrected chi connectivity index (χ3v) is 2.13. The minimum atomic E-state index is -4.43. The fourth-order valence-electron chi connectivity index (χ4n) is 1.26. The molecule has 0 amide bonds. The Morgan fingerprint density at radius 2 is 2.16 bits per heavy atom. The summed E-state index contributed by atoms with van der Waals surface area (Å²) in [5.74, 6) is 10.5. The van der Waals surface area contributed by atoms with Crippen LogP contribution in [-0.4, -0.2) is 6.54 Å². The highest BCUT2D eigenvalue weighted by Crippen LogP contribution is 2.31. The van der Waals surface area contributed by atoms with Crippen molar-refractivity contribution in [3.05, 3.63) is 39.8 Å². The molecule has 0 spiro atoms. The van der Waals surface area contributed by atoms with Gasteiger partial charge in [0.15, 0.2) is 0 Å². The number of rotatable bonds is 3. The van der Waals surface area contributed by atoms with E-state index in [1.165, 1.54) is 6.07 Å². The van der Waals surface area contributed by atoms with E-state index in [1.54, 1.807) is 0 Å². The van der Waals surface area contributed by atoms with Crippen LogP contribution in [0, 0.1) is 11.8 Å². The predicted molar refractivity (Wildman–Crippen MR) is 64.8 cm³/mol. The van der Waals surface area contributed by atoms with Gasteiger partial charge in [-0.05, 0) is 23.7 Å². The summed E-state index contributed by atoms with van der Waals surface area (Å²) in [5.41, 5.74) is 9.85. The first-order valence-electron chi connectivity index (χ1n) is 5.16. The van der Waals surface area contributed by atoms with Gasteiger partial charge in [0.1, 0.15) is 0 Å². The van der Waals surface area contributed by atoms with Gasteiger partial charge in [0.25, 0.3) is 0 Å². The molecule has 0 saturated carbocycles. The quantitative estimate of drug-likeness (QED) is 0.168. The van der Waals surface area contributed by atoms with Crippen molar-refractivity contribution in [2.24, 2.45) is 11.0 Å². The Morgan fingerprint density at radius 3 is 2.74 bits per heavy atom. The van der Waals surface area contributed by atoms with Gasteiger partial charge in [-0.15, -0.1) is 0 Å². The van der Waals surface area contributed by atoms with E-state index in [4.69, 9.17) is 11.4 Å². The Balaban J connectivity index is 2.93. The first kappa shape index (κ1) is 14.7. The highest BCUT2D eigenvalue weighted by Gasteiger charge is 2.30. The SMILES string of the molecule is [N-]=[N+]=NCCC#Cc1ccc(C(F)(F)F)cc1NN. The predicted octanol–water partition coefficient (Wildman–Crippen LogP) is 3.04. The summed E-state index contributed by atoms with van der Waals surface area (Å²) in [4.78, 5) is 2.55. The molecule has 1 aromatic rings. The molecular weight excluding hydrogens is 259 g/mol. The first-order valence-corrected chi connectivity index (χ1v) is 5.16. The number of alkyl halides is 3. The van der Waals surface area contributed by atoms with Crippen molar-refractivity contribution in [1.29, 1.82) is 0 Å². The molecule has 0 atom stereocenters. The van der Waals surface area contributed by atoms with E-state index in [9.17, 15) is 13.2 Å². The van der Waals surface area contributed by atoms with Gasteiger partial charge in [-0.2, -0.15) is 13.2 Å². The minimum absolute atomic E-state index is 0.0890. The largest absolute Gasteiger partial charge is 0.416 e. The Bertz CT molecular complexity index is 550. The molecule has 0 radical (unpaired) electrons. The summed E-state index contributed by atoms with van der Waals surface area (Å²) in [6.07, 6.45) is -4.12. The van der Waals surface area contributed by atoms with Crippen LogP contribution in [0.3, 0.4) is 0 Å². The Kier molecular flexibility index (Phi) is 5.06. The number of azide groups is 1. The summed E-state index contributed by atoms with van der Waals surface area (Å²) in [7, 11) is 0. The molecule has 0 bridgehead atoms. The average molecular weight is 269 g/mol. The van der Waals surface area contributed by atoms with Crippen molar-refractivity contribution in [3.8, 4) is 11.8 Å². The summed E-state index contributed by atoms with van der Waals surface area (Å²) in [6.45, 7) is 0.204. The number of halogens is 3. The number of benzene rings is 1. The molecule has 0 heterocycles. The van der Waals surface area contributed by atoms with Crippen molar-refractivity contribution < 1.29 is 13.2 Å². The lowest BCUT2D eigenvalue weighted by atomic mass is 10.1. The smallest absolute Gasteiger partial charge is 0.323 e. The standard InChI is InChI=1S/C11H10F3N5/c12-11(13,14)9-5-4-8(10(7-9)18-15)3-1-2-6-17-19-16/h4-5,7,18H,2,6,15H2. The van der Waals surface area contributed by atoms with Crippen molar-refractivity contribution >= 4 is 5.69 Å². The van der Waals surface area contributed by atoms with Gasteiger partial charge >= 0.3 is 6.18 Å². The zero-order valence-electron chi connectivity index (χ0n) is 9.70. The number of hydrogen-bond donors (Lipinski definition) is 2. The van der Waals surface area contributed by atoms with E-state index in [1.807, 2.05) is 0 Å². The molecule has 8 heteroatoms. The van der Waals surface area contributed by atoms with Crippen LogP contribution in [0.5, 0.6) is 0 Å². The molecule has 19 heavy (non-hydrogen) atoms. The molecule has 3 N–H and O–H groups in total. The number of nitrogens with two attached hydrogens (primary N) is 1. The molecular formula is C11H10F3N5. The number of hydrogen-bond acceptors (Lipinski definition) is 3. The number of hydrazine groups is 1. The fraction of sp³-hybridized carbons (Fsp3) is 0.273. The Labute approximate surface area is 107 Å². The number of nitrogens with zero attached hydrogens (tertiary/aromatic N) is 3. The molecule has 0 aliphatic carbocycles. The highest BCUT2D eigenvalue weighted by molar-refractivity contribution is 5.60. The Morgan fingerprint density at radius 1 is 1.42 bits per heavy atom. The Hall–Kier alpha value is -2.36. The van der Waals surface area contributed by atoms with Gasteiger partial charge in [-0.3, -0.25) is 5.84 Å². The van der Waals surface area contributed by atoms with E-state index >= 15 is 0 Å². The molecule has 0 aliphatic heterocycles. The van der Waals surface area contributed by atoms with E-state index < -0.39 is 11.7 Å². The topological polar surface area (TPSA) is 86.8 Å².